The summed E-state index contributed by atoms with van der Waals surface area (Å²) in [5.41, 5.74) is 10.5. The second-order valence-corrected chi connectivity index (χ2v) is 4.53. The average Bonchev–Trinajstić information content (AvgIpc) is 2.81. The third kappa shape index (κ3) is 1.89. The van der Waals surface area contributed by atoms with Gasteiger partial charge in [0.25, 0.3) is 0 Å². The second kappa shape index (κ2) is 4.27. The number of nitrogens with zero attached hydrogens (tertiary/aromatic N) is 1. The first-order valence-electron chi connectivity index (χ1n) is 6.01. The Hall–Kier alpha value is -2.13. The minimum absolute atomic E-state index is 0.209. The van der Waals surface area contributed by atoms with E-state index in [-0.39, 0.29) is 6.04 Å². The van der Waals surface area contributed by atoms with E-state index in [1.54, 1.807) is 0 Å². The smallest absolute Gasteiger partial charge is 0.128 e. The Morgan fingerprint density at radius 2 is 1.89 bits per heavy atom. The van der Waals surface area contributed by atoms with Crippen molar-refractivity contribution in [1.82, 2.24) is 9.97 Å². The van der Waals surface area contributed by atoms with E-state index in [1.165, 1.54) is 5.56 Å². The molecule has 0 saturated carbocycles. The van der Waals surface area contributed by atoms with Gasteiger partial charge in [0, 0.05) is 0 Å². The van der Waals surface area contributed by atoms with Crippen molar-refractivity contribution in [3.63, 3.8) is 0 Å². The second-order valence-electron chi connectivity index (χ2n) is 4.53. The SMILES string of the molecule is Cc1ccc2nc([C@@H](N)c3ccccc3)[nH]c2c1. The largest absolute Gasteiger partial charge is 0.340 e. The van der Waals surface area contributed by atoms with Gasteiger partial charge in [0.15, 0.2) is 0 Å². The fraction of sp³-hybridized carbons (Fsp3) is 0.133. The fourth-order valence-corrected chi connectivity index (χ4v) is 2.11. The molecular weight excluding hydrogens is 222 g/mol. The minimum Gasteiger partial charge on any atom is -0.340 e. The average molecular weight is 237 g/mol. The van der Waals surface area contributed by atoms with Gasteiger partial charge < -0.3 is 10.7 Å². The van der Waals surface area contributed by atoms with Crippen LogP contribution in [0.15, 0.2) is 48.5 Å². The molecule has 0 spiro atoms. The molecule has 3 rings (SSSR count). The Bertz CT molecular complexity index is 671. The van der Waals surface area contributed by atoms with E-state index in [1.807, 2.05) is 36.4 Å². The van der Waals surface area contributed by atoms with E-state index in [2.05, 4.69) is 29.0 Å². The number of hydrogen-bond donors (Lipinski definition) is 2. The van der Waals surface area contributed by atoms with Crippen LogP contribution in [-0.2, 0) is 0 Å². The topological polar surface area (TPSA) is 54.7 Å². The minimum atomic E-state index is -0.209. The van der Waals surface area contributed by atoms with Crippen molar-refractivity contribution in [2.75, 3.05) is 0 Å². The zero-order chi connectivity index (χ0) is 12.5. The Kier molecular flexibility index (Phi) is 2.61. The molecule has 1 aromatic heterocycles. The van der Waals surface area contributed by atoms with E-state index in [0.717, 1.165) is 22.4 Å². The van der Waals surface area contributed by atoms with E-state index in [0.29, 0.717) is 0 Å². The zero-order valence-corrected chi connectivity index (χ0v) is 10.2. The zero-order valence-electron chi connectivity index (χ0n) is 10.2. The normalized spacial score (nSPS) is 12.8. The number of aromatic nitrogens is 2. The number of nitrogens with two attached hydrogens (primary N) is 1. The lowest BCUT2D eigenvalue weighted by atomic mass is 10.1. The highest BCUT2D eigenvalue weighted by Crippen LogP contribution is 2.20. The van der Waals surface area contributed by atoms with Gasteiger partial charge in [0.05, 0.1) is 17.1 Å². The van der Waals surface area contributed by atoms with Gasteiger partial charge in [-0.25, -0.2) is 4.98 Å². The van der Waals surface area contributed by atoms with Crippen LogP contribution in [0.1, 0.15) is 23.0 Å². The first-order chi connectivity index (χ1) is 8.74. The first-order valence-corrected chi connectivity index (χ1v) is 6.01. The molecule has 0 aliphatic rings. The number of imidazole rings is 1. The van der Waals surface area contributed by atoms with Gasteiger partial charge in [-0.3, -0.25) is 0 Å². The van der Waals surface area contributed by atoms with Crippen LogP contribution in [0, 0.1) is 6.92 Å². The molecule has 3 N–H and O–H groups in total. The maximum atomic E-state index is 6.22. The summed E-state index contributed by atoms with van der Waals surface area (Å²) in [7, 11) is 0. The number of aromatic amines is 1. The predicted octanol–water partition coefficient (Wildman–Crippen LogP) is 2.92. The van der Waals surface area contributed by atoms with Crippen LogP contribution in [0.2, 0.25) is 0 Å². The molecular formula is C15H15N3. The summed E-state index contributed by atoms with van der Waals surface area (Å²) in [4.78, 5) is 7.85. The fourth-order valence-electron chi connectivity index (χ4n) is 2.11. The molecule has 0 fully saturated rings. The Morgan fingerprint density at radius 3 is 2.67 bits per heavy atom. The number of nitrogens with one attached hydrogen (secondary N) is 1. The van der Waals surface area contributed by atoms with Crippen LogP contribution >= 0.6 is 0 Å². The quantitative estimate of drug-likeness (QED) is 0.720. The molecule has 0 saturated heterocycles. The molecule has 0 aliphatic carbocycles. The highest BCUT2D eigenvalue weighted by Gasteiger charge is 2.12. The van der Waals surface area contributed by atoms with Gasteiger partial charge >= 0.3 is 0 Å². The van der Waals surface area contributed by atoms with Crippen molar-refractivity contribution in [2.24, 2.45) is 5.73 Å². The maximum Gasteiger partial charge on any atom is 0.128 e. The van der Waals surface area contributed by atoms with Gasteiger partial charge in [-0.15, -0.1) is 0 Å². The molecule has 90 valence electrons. The summed E-state index contributed by atoms with van der Waals surface area (Å²) >= 11 is 0. The summed E-state index contributed by atoms with van der Waals surface area (Å²) < 4.78 is 0. The lowest BCUT2D eigenvalue weighted by molar-refractivity contribution is 0.806. The van der Waals surface area contributed by atoms with Crippen LogP contribution in [0.25, 0.3) is 11.0 Å². The third-order valence-corrected chi connectivity index (χ3v) is 3.11. The summed E-state index contributed by atoms with van der Waals surface area (Å²) in [5.74, 6) is 0.807. The van der Waals surface area contributed by atoms with E-state index in [9.17, 15) is 0 Å². The summed E-state index contributed by atoms with van der Waals surface area (Å²) in [6, 6.07) is 15.9. The maximum absolute atomic E-state index is 6.22. The highest BCUT2D eigenvalue weighted by atomic mass is 15.0. The summed E-state index contributed by atoms with van der Waals surface area (Å²) in [6.07, 6.45) is 0. The van der Waals surface area contributed by atoms with Gasteiger partial charge in [-0.2, -0.15) is 0 Å². The Labute approximate surface area is 106 Å². The van der Waals surface area contributed by atoms with E-state index < -0.39 is 0 Å². The molecule has 3 nitrogen and oxygen atoms in total. The van der Waals surface area contributed by atoms with Crippen LogP contribution in [0.4, 0.5) is 0 Å². The molecule has 2 aromatic carbocycles. The van der Waals surface area contributed by atoms with Crippen molar-refractivity contribution in [3.05, 3.63) is 65.5 Å². The molecule has 0 unspecified atom stereocenters. The van der Waals surface area contributed by atoms with Gasteiger partial charge in [-0.05, 0) is 30.2 Å². The van der Waals surface area contributed by atoms with Crippen LogP contribution in [0.5, 0.6) is 0 Å². The monoisotopic (exact) mass is 237 g/mol. The van der Waals surface area contributed by atoms with Crippen LogP contribution in [-0.4, -0.2) is 9.97 Å². The molecule has 18 heavy (non-hydrogen) atoms. The van der Waals surface area contributed by atoms with E-state index in [4.69, 9.17) is 5.73 Å². The molecule has 3 aromatic rings. The molecule has 1 heterocycles. The van der Waals surface area contributed by atoms with Crippen molar-refractivity contribution >= 4 is 11.0 Å². The standard InChI is InChI=1S/C15H15N3/c1-10-7-8-12-13(9-10)18-15(17-12)14(16)11-5-3-2-4-6-11/h2-9,14H,16H2,1H3,(H,17,18)/t14-/m0/s1. The number of benzene rings is 2. The molecule has 3 heteroatoms. The molecule has 0 aliphatic heterocycles. The van der Waals surface area contributed by atoms with Crippen LogP contribution in [0.3, 0.4) is 0 Å². The van der Waals surface area contributed by atoms with Crippen molar-refractivity contribution in [3.8, 4) is 0 Å². The van der Waals surface area contributed by atoms with Gasteiger partial charge in [0.1, 0.15) is 5.82 Å². The lowest BCUT2D eigenvalue weighted by Gasteiger charge is -2.08. The van der Waals surface area contributed by atoms with Gasteiger partial charge in [-0.1, -0.05) is 36.4 Å². The van der Waals surface area contributed by atoms with Crippen LogP contribution < -0.4 is 5.73 Å². The number of rotatable bonds is 2. The summed E-state index contributed by atoms with van der Waals surface area (Å²) in [5, 5.41) is 0. The molecule has 0 bridgehead atoms. The third-order valence-electron chi connectivity index (χ3n) is 3.11. The predicted molar refractivity (Wildman–Crippen MR) is 73.3 cm³/mol. The molecule has 0 amide bonds. The number of aryl methyl sites for hydroxylation is 1. The Balaban J connectivity index is 2.04. The van der Waals surface area contributed by atoms with Crippen molar-refractivity contribution < 1.29 is 0 Å². The summed E-state index contributed by atoms with van der Waals surface area (Å²) in [6.45, 7) is 2.07. The molecule has 0 radical (unpaired) electrons. The van der Waals surface area contributed by atoms with E-state index >= 15 is 0 Å². The first kappa shape index (κ1) is 11.0. The Morgan fingerprint density at radius 1 is 1.11 bits per heavy atom. The lowest BCUT2D eigenvalue weighted by Crippen LogP contribution is -2.13. The highest BCUT2D eigenvalue weighted by molar-refractivity contribution is 5.76. The van der Waals surface area contributed by atoms with Crippen molar-refractivity contribution in [1.29, 1.82) is 0 Å². The number of H-pyrrole nitrogens is 1. The number of hydrogen-bond acceptors (Lipinski definition) is 2. The van der Waals surface area contributed by atoms with Crippen molar-refractivity contribution in [2.45, 2.75) is 13.0 Å². The molecule has 1 atom stereocenters. The van der Waals surface area contributed by atoms with Gasteiger partial charge in [0.2, 0.25) is 0 Å². The number of fused-ring (bicyclic) bond motifs is 1.